The molecule has 3 rings (SSSR count). The Morgan fingerprint density at radius 3 is 2.15 bits per heavy atom. The Kier molecular flexibility index (Phi) is 4.26. The molecule has 0 radical (unpaired) electrons. The molecule has 4 heteroatoms. The molecule has 0 fully saturated rings. The minimum atomic E-state index is -0.382. The standard InChI is InChI=1S/C16H11NO2.Zn/c18-17(19)14-10-8-13(9-11-14)16-7-3-5-12-4-1-2-6-15(12)16;/h1-11H;. The van der Waals surface area contributed by atoms with Gasteiger partial charge in [0, 0.05) is 31.6 Å². The molecular formula is C16H11NO2Zn. The summed E-state index contributed by atoms with van der Waals surface area (Å²) in [7, 11) is 0. The van der Waals surface area contributed by atoms with E-state index in [-0.39, 0.29) is 30.1 Å². The minimum absolute atomic E-state index is 0. The molecule has 3 aromatic carbocycles. The molecular weight excluding hydrogens is 304 g/mol. The van der Waals surface area contributed by atoms with Crippen molar-refractivity contribution >= 4 is 16.5 Å². The Hall–Kier alpha value is -2.06. The Bertz CT molecular complexity index is 749. The quantitative estimate of drug-likeness (QED) is 0.399. The van der Waals surface area contributed by atoms with E-state index in [0.29, 0.717) is 0 Å². The van der Waals surface area contributed by atoms with Gasteiger partial charge in [0.1, 0.15) is 0 Å². The molecule has 3 nitrogen and oxygen atoms in total. The van der Waals surface area contributed by atoms with Crippen molar-refractivity contribution in [3.63, 3.8) is 0 Å². The van der Waals surface area contributed by atoms with Gasteiger partial charge in [0.2, 0.25) is 0 Å². The molecule has 0 amide bonds. The van der Waals surface area contributed by atoms with E-state index < -0.39 is 0 Å². The summed E-state index contributed by atoms with van der Waals surface area (Å²) >= 11 is 0. The smallest absolute Gasteiger partial charge is 0.258 e. The molecule has 94 valence electrons. The molecule has 0 aliphatic heterocycles. The molecule has 0 spiro atoms. The summed E-state index contributed by atoms with van der Waals surface area (Å²) in [5, 5.41) is 13.0. The van der Waals surface area contributed by atoms with Crippen molar-refractivity contribution in [2.75, 3.05) is 0 Å². The van der Waals surface area contributed by atoms with Crippen molar-refractivity contribution in [1.29, 1.82) is 0 Å². The molecule has 0 N–H and O–H groups in total. The molecule has 0 bridgehead atoms. The maximum absolute atomic E-state index is 10.7. The summed E-state index contributed by atoms with van der Waals surface area (Å²) in [5.41, 5.74) is 2.19. The van der Waals surface area contributed by atoms with E-state index in [0.717, 1.165) is 16.5 Å². The Morgan fingerprint density at radius 1 is 0.800 bits per heavy atom. The van der Waals surface area contributed by atoms with Gasteiger partial charge in [0.15, 0.2) is 0 Å². The van der Waals surface area contributed by atoms with Gasteiger partial charge in [-0.25, -0.2) is 0 Å². The first kappa shape index (κ1) is 14.4. The van der Waals surface area contributed by atoms with Crippen LogP contribution in [0.4, 0.5) is 5.69 Å². The maximum atomic E-state index is 10.7. The first-order chi connectivity index (χ1) is 9.25. The first-order valence-electron chi connectivity index (χ1n) is 5.98. The summed E-state index contributed by atoms with van der Waals surface area (Å²) in [6, 6.07) is 20.9. The fourth-order valence-corrected chi connectivity index (χ4v) is 2.24. The van der Waals surface area contributed by atoms with Gasteiger partial charge in [0.05, 0.1) is 4.92 Å². The van der Waals surface area contributed by atoms with Gasteiger partial charge < -0.3 is 0 Å². The van der Waals surface area contributed by atoms with Crippen molar-refractivity contribution in [1.82, 2.24) is 0 Å². The van der Waals surface area contributed by atoms with Crippen molar-refractivity contribution in [2.24, 2.45) is 0 Å². The van der Waals surface area contributed by atoms with Crippen LogP contribution in [-0.2, 0) is 19.5 Å². The molecule has 20 heavy (non-hydrogen) atoms. The number of nitro benzene ring substituents is 1. The van der Waals surface area contributed by atoms with E-state index in [1.807, 2.05) is 24.3 Å². The van der Waals surface area contributed by atoms with Crippen LogP contribution in [0.25, 0.3) is 21.9 Å². The fraction of sp³-hybridized carbons (Fsp3) is 0. The number of nitro groups is 1. The third kappa shape index (κ3) is 2.61. The average Bonchev–Trinajstić information content (AvgIpc) is 2.47. The second-order valence-electron chi connectivity index (χ2n) is 4.33. The topological polar surface area (TPSA) is 43.1 Å². The Morgan fingerprint density at radius 2 is 1.45 bits per heavy atom. The number of benzene rings is 3. The van der Waals surface area contributed by atoms with Crippen molar-refractivity contribution in [3.8, 4) is 11.1 Å². The van der Waals surface area contributed by atoms with Crippen LogP contribution < -0.4 is 0 Å². The average molecular weight is 315 g/mol. The number of hydrogen-bond donors (Lipinski definition) is 0. The summed E-state index contributed by atoms with van der Waals surface area (Å²) in [4.78, 5) is 10.3. The van der Waals surface area contributed by atoms with E-state index in [1.54, 1.807) is 12.1 Å². The molecule has 0 saturated carbocycles. The van der Waals surface area contributed by atoms with Crippen molar-refractivity contribution in [2.45, 2.75) is 0 Å². The monoisotopic (exact) mass is 313 g/mol. The number of nitrogens with zero attached hydrogens (tertiary/aromatic N) is 1. The van der Waals surface area contributed by atoms with E-state index in [9.17, 15) is 10.1 Å². The predicted octanol–water partition coefficient (Wildman–Crippen LogP) is 4.41. The third-order valence-corrected chi connectivity index (χ3v) is 3.18. The van der Waals surface area contributed by atoms with Crippen LogP contribution >= 0.6 is 0 Å². The molecule has 0 aliphatic carbocycles. The van der Waals surface area contributed by atoms with E-state index >= 15 is 0 Å². The van der Waals surface area contributed by atoms with E-state index in [2.05, 4.69) is 18.2 Å². The molecule has 0 unspecified atom stereocenters. The van der Waals surface area contributed by atoms with Crippen LogP contribution in [0, 0.1) is 10.1 Å². The van der Waals surface area contributed by atoms with Crippen LogP contribution in [0.3, 0.4) is 0 Å². The minimum Gasteiger partial charge on any atom is -0.258 e. The van der Waals surface area contributed by atoms with Gasteiger partial charge in [-0.3, -0.25) is 10.1 Å². The summed E-state index contributed by atoms with van der Waals surface area (Å²) in [6.45, 7) is 0. The zero-order valence-corrected chi connectivity index (χ0v) is 13.8. The second kappa shape index (κ2) is 5.93. The van der Waals surface area contributed by atoms with Crippen LogP contribution in [0.5, 0.6) is 0 Å². The van der Waals surface area contributed by atoms with Gasteiger partial charge in [-0.1, -0.05) is 42.5 Å². The van der Waals surface area contributed by atoms with Gasteiger partial charge in [0.25, 0.3) is 5.69 Å². The van der Waals surface area contributed by atoms with Crippen LogP contribution in [-0.4, -0.2) is 4.92 Å². The Labute approximate surface area is 129 Å². The third-order valence-electron chi connectivity index (χ3n) is 3.18. The normalized spacial score (nSPS) is 10.0. The Balaban J connectivity index is 0.00000147. The van der Waals surface area contributed by atoms with Crippen LogP contribution in [0.2, 0.25) is 0 Å². The summed E-state index contributed by atoms with van der Waals surface area (Å²) < 4.78 is 0. The molecule has 0 atom stereocenters. The largest absolute Gasteiger partial charge is 0.269 e. The van der Waals surface area contributed by atoms with Gasteiger partial charge in [-0.05, 0) is 34.0 Å². The molecule has 0 aliphatic rings. The molecule has 0 aromatic heterocycles. The number of rotatable bonds is 2. The van der Waals surface area contributed by atoms with Gasteiger partial charge in [-0.15, -0.1) is 0 Å². The first-order valence-corrected chi connectivity index (χ1v) is 5.98. The van der Waals surface area contributed by atoms with E-state index in [4.69, 9.17) is 0 Å². The van der Waals surface area contributed by atoms with Gasteiger partial charge in [-0.2, -0.15) is 0 Å². The van der Waals surface area contributed by atoms with Crippen LogP contribution in [0.1, 0.15) is 0 Å². The van der Waals surface area contributed by atoms with E-state index in [1.165, 1.54) is 17.5 Å². The van der Waals surface area contributed by atoms with Crippen molar-refractivity contribution in [3.05, 3.63) is 76.8 Å². The number of hydrogen-bond acceptors (Lipinski definition) is 2. The fourth-order valence-electron chi connectivity index (χ4n) is 2.24. The zero-order chi connectivity index (χ0) is 13.2. The maximum Gasteiger partial charge on any atom is 0.269 e. The molecule has 0 saturated heterocycles. The second-order valence-corrected chi connectivity index (χ2v) is 4.33. The van der Waals surface area contributed by atoms with Crippen molar-refractivity contribution < 1.29 is 24.4 Å². The summed E-state index contributed by atoms with van der Waals surface area (Å²) in [5.74, 6) is 0. The van der Waals surface area contributed by atoms with Gasteiger partial charge >= 0.3 is 0 Å². The molecule has 0 heterocycles. The van der Waals surface area contributed by atoms with Crippen LogP contribution in [0.15, 0.2) is 66.7 Å². The SMILES string of the molecule is O=[N+]([O-])c1ccc(-c2cccc3ccccc23)cc1.[Zn]. The number of fused-ring (bicyclic) bond motifs is 1. The zero-order valence-electron chi connectivity index (χ0n) is 10.8. The predicted molar refractivity (Wildman–Crippen MR) is 76.0 cm³/mol. The molecule has 3 aromatic rings. The summed E-state index contributed by atoms with van der Waals surface area (Å²) in [6.07, 6.45) is 0. The number of non-ortho nitro benzene ring substituents is 1.